The van der Waals surface area contributed by atoms with Crippen molar-refractivity contribution in [1.82, 2.24) is 9.88 Å². The van der Waals surface area contributed by atoms with Crippen LogP contribution < -0.4 is 15.2 Å². The number of carbonyl (C=O) groups excluding carboxylic acids is 3. The SMILES string of the molecule is COc1cc(/C=C2\SC(=O)N(CC(N)=O)C2=O)ccc1OCc1ccncc1. The fraction of sp³-hybridized carbons (Fsp3) is 0.158. The van der Waals surface area contributed by atoms with Crippen molar-refractivity contribution >= 4 is 34.9 Å². The molecule has 0 aliphatic carbocycles. The number of primary amides is 1. The molecule has 144 valence electrons. The third-order valence-corrected chi connectivity index (χ3v) is 4.72. The number of nitrogens with zero attached hydrogens (tertiary/aromatic N) is 2. The largest absolute Gasteiger partial charge is 0.493 e. The van der Waals surface area contributed by atoms with Gasteiger partial charge in [-0.15, -0.1) is 0 Å². The minimum absolute atomic E-state index is 0.207. The number of rotatable bonds is 7. The molecule has 0 unspecified atom stereocenters. The molecule has 1 saturated heterocycles. The van der Waals surface area contributed by atoms with E-state index in [0.717, 1.165) is 22.2 Å². The maximum atomic E-state index is 12.3. The number of methoxy groups -OCH3 is 1. The Morgan fingerprint density at radius 3 is 2.64 bits per heavy atom. The molecule has 3 rings (SSSR count). The van der Waals surface area contributed by atoms with Crippen LogP contribution in [0.15, 0.2) is 47.6 Å². The van der Waals surface area contributed by atoms with E-state index in [0.29, 0.717) is 23.7 Å². The minimum atomic E-state index is -0.749. The Balaban J connectivity index is 1.76. The van der Waals surface area contributed by atoms with Crippen LogP contribution >= 0.6 is 11.8 Å². The van der Waals surface area contributed by atoms with Gasteiger partial charge in [0.25, 0.3) is 11.1 Å². The molecule has 0 atom stereocenters. The van der Waals surface area contributed by atoms with Crippen LogP contribution in [0.3, 0.4) is 0 Å². The molecule has 0 bridgehead atoms. The maximum Gasteiger partial charge on any atom is 0.294 e. The van der Waals surface area contributed by atoms with Crippen molar-refractivity contribution in [3.05, 3.63) is 58.8 Å². The Morgan fingerprint density at radius 1 is 1.21 bits per heavy atom. The standard InChI is InChI=1S/C19H17N3O5S/c1-26-15-8-13(2-3-14(15)27-11-12-4-6-21-7-5-12)9-16-18(24)22(10-17(20)23)19(25)28-16/h2-9H,10-11H2,1H3,(H2,20,23)/b16-9-. The van der Waals surface area contributed by atoms with Gasteiger partial charge in [0.1, 0.15) is 13.2 Å². The summed E-state index contributed by atoms with van der Waals surface area (Å²) in [5, 5.41) is -0.528. The van der Waals surface area contributed by atoms with Crippen molar-refractivity contribution in [1.29, 1.82) is 0 Å². The van der Waals surface area contributed by atoms with E-state index in [1.165, 1.54) is 7.11 Å². The van der Waals surface area contributed by atoms with Crippen LogP contribution in [0.4, 0.5) is 4.79 Å². The van der Waals surface area contributed by atoms with E-state index in [2.05, 4.69) is 4.98 Å². The van der Waals surface area contributed by atoms with Crippen molar-refractivity contribution in [3.8, 4) is 11.5 Å². The van der Waals surface area contributed by atoms with Gasteiger partial charge in [0.15, 0.2) is 11.5 Å². The number of ether oxygens (including phenoxy) is 2. The predicted molar refractivity (Wildman–Crippen MR) is 103 cm³/mol. The zero-order chi connectivity index (χ0) is 20.1. The summed E-state index contributed by atoms with van der Waals surface area (Å²) in [6.45, 7) is -0.0860. The van der Waals surface area contributed by atoms with E-state index >= 15 is 0 Å². The fourth-order valence-electron chi connectivity index (χ4n) is 2.48. The van der Waals surface area contributed by atoms with Crippen molar-refractivity contribution in [2.45, 2.75) is 6.61 Å². The van der Waals surface area contributed by atoms with Gasteiger partial charge in [0, 0.05) is 12.4 Å². The molecule has 9 heteroatoms. The normalized spacial score (nSPS) is 15.2. The topological polar surface area (TPSA) is 112 Å². The molecule has 0 saturated carbocycles. The summed E-state index contributed by atoms with van der Waals surface area (Å²) in [6, 6.07) is 8.86. The second-order valence-corrected chi connectivity index (χ2v) is 6.78. The number of benzene rings is 1. The Bertz CT molecular complexity index is 946. The fourth-order valence-corrected chi connectivity index (χ4v) is 3.32. The highest BCUT2D eigenvalue weighted by Crippen LogP contribution is 2.34. The number of hydrogen-bond donors (Lipinski definition) is 1. The van der Waals surface area contributed by atoms with Gasteiger partial charge in [-0.3, -0.25) is 24.3 Å². The lowest BCUT2D eigenvalue weighted by Gasteiger charge is -2.11. The van der Waals surface area contributed by atoms with Crippen LogP contribution in [0.2, 0.25) is 0 Å². The minimum Gasteiger partial charge on any atom is -0.493 e. The molecule has 1 aromatic heterocycles. The molecule has 2 heterocycles. The molecule has 8 nitrogen and oxygen atoms in total. The average molecular weight is 399 g/mol. The van der Waals surface area contributed by atoms with Crippen LogP contribution in [-0.2, 0) is 16.2 Å². The average Bonchev–Trinajstić information content (AvgIpc) is 2.94. The zero-order valence-electron chi connectivity index (χ0n) is 15.0. The van der Waals surface area contributed by atoms with E-state index in [-0.39, 0.29) is 4.91 Å². The first-order valence-electron chi connectivity index (χ1n) is 8.21. The van der Waals surface area contributed by atoms with E-state index in [4.69, 9.17) is 15.2 Å². The Kier molecular flexibility index (Phi) is 5.95. The van der Waals surface area contributed by atoms with Gasteiger partial charge in [-0.25, -0.2) is 0 Å². The number of amides is 3. The lowest BCUT2D eigenvalue weighted by atomic mass is 10.2. The Hall–Kier alpha value is -3.33. The summed E-state index contributed by atoms with van der Waals surface area (Å²) >= 11 is 0.757. The van der Waals surface area contributed by atoms with Gasteiger partial charge in [-0.2, -0.15) is 0 Å². The third kappa shape index (κ3) is 4.49. The number of imide groups is 1. The summed E-state index contributed by atoms with van der Waals surface area (Å²) < 4.78 is 11.1. The van der Waals surface area contributed by atoms with Crippen molar-refractivity contribution < 1.29 is 23.9 Å². The zero-order valence-corrected chi connectivity index (χ0v) is 15.8. The van der Waals surface area contributed by atoms with Gasteiger partial charge >= 0.3 is 0 Å². The van der Waals surface area contributed by atoms with Crippen molar-refractivity contribution in [2.24, 2.45) is 5.73 Å². The molecule has 1 aliphatic rings. The van der Waals surface area contributed by atoms with Gasteiger partial charge in [0.2, 0.25) is 5.91 Å². The Morgan fingerprint density at radius 2 is 1.96 bits per heavy atom. The first kappa shape index (κ1) is 19.4. The van der Waals surface area contributed by atoms with Gasteiger partial charge in [0.05, 0.1) is 12.0 Å². The monoisotopic (exact) mass is 399 g/mol. The lowest BCUT2D eigenvalue weighted by molar-refractivity contribution is -0.127. The first-order chi connectivity index (χ1) is 13.5. The predicted octanol–water partition coefficient (Wildman–Crippen LogP) is 2.19. The van der Waals surface area contributed by atoms with Gasteiger partial charge in [-0.1, -0.05) is 6.07 Å². The van der Waals surface area contributed by atoms with E-state index in [1.54, 1.807) is 36.7 Å². The smallest absolute Gasteiger partial charge is 0.294 e. The third-order valence-electron chi connectivity index (χ3n) is 3.82. The molecule has 2 aromatic rings. The molecule has 1 aliphatic heterocycles. The van der Waals surface area contributed by atoms with E-state index < -0.39 is 23.6 Å². The second-order valence-electron chi connectivity index (χ2n) is 5.79. The molecular weight excluding hydrogens is 382 g/mol. The van der Waals surface area contributed by atoms with Crippen LogP contribution in [0, 0.1) is 0 Å². The first-order valence-corrected chi connectivity index (χ1v) is 9.03. The highest BCUT2D eigenvalue weighted by molar-refractivity contribution is 8.18. The Labute approximate surface area is 165 Å². The van der Waals surface area contributed by atoms with Crippen LogP contribution in [0.5, 0.6) is 11.5 Å². The van der Waals surface area contributed by atoms with Gasteiger partial charge in [-0.05, 0) is 53.2 Å². The highest BCUT2D eigenvalue weighted by Gasteiger charge is 2.35. The molecule has 1 fully saturated rings. The number of hydrogen-bond acceptors (Lipinski definition) is 7. The quantitative estimate of drug-likeness (QED) is 0.710. The van der Waals surface area contributed by atoms with Crippen molar-refractivity contribution in [3.63, 3.8) is 0 Å². The summed E-state index contributed by atoms with van der Waals surface area (Å²) in [4.78, 5) is 40.2. The van der Waals surface area contributed by atoms with Crippen LogP contribution in [0.25, 0.3) is 6.08 Å². The number of aromatic nitrogens is 1. The lowest BCUT2D eigenvalue weighted by Crippen LogP contribution is -2.36. The molecule has 0 spiro atoms. The summed E-state index contributed by atoms with van der Waals surface area (Å²) in [5.74, 6) is -0.274. The number of nitrogens with two attached hydrogens (primary N) is 1. The molecule has 2 N–H and O–H groups in total. The van der Waals surface area contributed by atoms with E-state index in [9.17, 15) is 14.4 Å². The molecule has 28 heavy (non-hydrogen) atoms. The van der Waals surface area contributed by atoms with Crippen molar-refractivity contribution in [2.75, 3.05) is 13.7 Å². The highest BCUT2D eigenvalue weighted by atomic mass is 32.2. The molecule has 0 radical (unpaired) electrons. The van der Waals surface area contributed by atoms with E-state index in [1.807, 2.05) is 12.1 Å². The second kappa shape index (κ2) is 8.57. The molecule has 1 aromatic carbocycles. The summed E-state index contributed by atoms with van der Waals surface area (Å²) in [6.07, 6.45) is 4.93. The number of thioether (sulfide) groups is 1. The maximum absolute atomic E-state index is 12.3. The molecular formula is C19H17N3O5S. The number of carbonyl (C=O) groups is 3. The molecule has 3 amide bonds. The van der Waals surface area contributed by atoms with Crippen LogP contribution in [-0.4, -0.2) is 40.6 Å². The summed E-state index contributed by atoms with van der Waals surface area (Å²) in [5.41, 5.74) is 6.69. The number of pyridine rings is 1. The van der Waals surface area contributed by atoms with Gasteiger partial charge < -0.3 is 15.2 Å². The summed E-state index contributed by atoms with van der Waals surface area (Å²) in [7, 11) is 1.51. The van der Waals surface area contributed by atoms with Crippen LogP contribution in [0.1, 0.15) is 11.1 Å².